The van der Waals surface area contributed by atoms with Crippen molar-refractivity contribution in [2.24, 2.45) is 0 Å². The zero-order valence-corrected chi connectivity index (χ0v) is 15.0. The van der Waals surface area contributed by atoms with Crippen LogP contribution in [-0.2, 0) is 12.7 Å². The van der Waals surface area contributed by atoms with Crippen molar-refractivity contribution in [2.75, 3.05) is 5.32 Å². The van der Waals surface area contributed by atoms with Gasteiger partial charge in [-0.2, -0.15) is 13.2 Å². The first-order valence-electron chi connectivity index (χ1n) is 8.56. The number of pyridine rings is 1. The molecule has 1 aromatic heterocycles. The minimum Gasteiger partial charge on any atom is -0.354 e. The van der Waals surface area contributed by atoms with Gasteiger partial charge in [0.15, 0.2) is 0 Å². The van der Waals surface area contributed by atoms with E-state index < -0.39 is 11.7 Å². The second kappa shape index (κ2) is 8.12. The molecule has 0 saturated carbocycles. The van der Waals surface area contributed by atoms with Gasteiger partial charge in [-0.25, -0.2) is 4.98 Å². The maximum atomic E-state index is 13.1. The largest absolute Gasteiger partial charge is 0.418 e. The molecule has 0 unspecified atom stereocenters. The number of nitrogens with one attached hydrogen (secondary N) is 2. The molecule has 4 nitrogen and oxygen atoms in total. The molecule has 7 heteroatoms. The summed E-state index contributed by atoms with van der Waals surface area (Å²) >= 11 is 0. The van der Waals surface area contributed by atoms with E-state index in [1.54, 1.807) is 0 Å². The monoisotopic (exact) mass is 385 g/mol. The summed E-state index contributed by atoms with van der Waals surface area (Å²) < 4.78 is 39.2. The van der Waals surface area contributed by atoms with E-state index in [0.29, 0.717) is 12.2 Å². The average molecular weight is 385 g/mol. The Bertz CT molecular complexity index is 952. The molecule has 0 aliphatic carbocycles. The Morgan fingerprint density at radius 2 is 1.71 bits per heavy atom. The van der Waals surface area contributed by atoms with Gasteiger partial charge < -0.3 is 10.6 Å². The molecule has 0 aliphatic heterocycles. The quantitative estimate of drug-likeness (QED) is 0.644. The molecule has 28 heavy (non-hydrogen) atoms. The summed E-state index contributed by atoms with van der Waals surface area (Å²) in [5, 5.41) is 5.46. The Labute approximate surface area is 160 Å². The van der Waals surface area contributed by atoms with Gasteiger partial charge in [0.1, 0.15) is 5.69 Å². The number of benzene rings is 2. The highest BCUT2D eigenvalue weighted by molar-refractivity contribution is 5.92. The van der Waals surface area contributed by atoms with Crippen molar-refractivity contribution in [1.29, 1.82) is 0 Å². The molecule has 0 fully saturated rings. The maximum Gasteiger partial charge on any atom is 0.418 e. The highest BCUT2D eigenvalue weighted by atomic mass is 19.4. The molecule has 1 amide bonds. The molecule has 0 radical (unpaired) electrons. The van der Waals surface area contributed by atoms with Crippen LogP contribution in [0.4, 0.5) is 24.5 Å². The number of para-hydroxylation sites is 1. The summed E-state index contributed by atoms with van der Waals surface area (Å²) in [7, 11) is 0. The van der Waals surface area contributed by atoms with Crippen LogP contribution in [0.2, 0.25) is 0 Å². The lowest BCUT2D eigenvalue weighted by Crippen LogP contribution is -2.23. The van der Waals surface area contributed by atoms with E-state index in [9.17, 15) is 18.0 Å². The Kier molecular flexibility index (Phi) is 5.63. The Balaban J connectivity index is 1.65. The van der Waals surface area contributed by atoms with Crippen LogP contribution in [0, 0.1) is 6.92 Å². The number of halogens is 3. The van der Waals surface area contributed by atoms with Crippen molar-refractivity contribution in [3.05, 3.63) is 89.2 Å². The lowest BCUT2D eigenvalue weighted by Gasteiger charge is -2.14. The summed E-state index contributed by atoms with van der Waals surface area (Å²) in [5.74, 6) is -0.359. The van der Waals surface area contributed by atoms with Crippen LogP contribution in [0.25, 0.3) is 0 Å². The number of amides is 1. The lowest BCUT2D eigenvalue weighted by molar-refractivity contribution is -0.136. The Morgan fingerprint density at radius 1 is 1.00 bits per heavy atom. The molecule has 2 aromatic carbocycles. The predicted molar refractivity (Wildman–Crippen MR) is 101 cm³/mol. The molecule has 0 saturated heterocycles. The van der Waals surface area contributed by atoms with Gasteiger partial charge in [0, 0.05) is 6.54 Å². The standard InChI is InChI=1S/C21H18F3N3O/c1-14-6-8-15(9-7-14)12-26-20(28)19-11-10-16(13-25-19)27-18-5-3-2-4-17(18)21(22,23)24/h2-11,13,27H,12H2,1H3,(H,26,28). The molecule has 1 heterocycles. The van der Waals surface area contributed by atoms with E-state index in [1.807, 2.05) is 31.2 Å². The second-order valence-corrected chi connectivity index (χ2v) is 6.27. The minimum absolute atomic E-state index is 0.0756. The molecule has 3 aromatic rings. The van der Waals surface area contributed by atoms with Crippen molar-refractivity contribution >= 4 is 17.3 Å². The third kappa shape index (κ3) is 4.88. The first kappa shape index (κ1) is 19.4. The van der Waals surface area contributed by atoms with E-state index in [4.69, 9.17) is 0 Å². The van der Waals surface area contributed by atoms with Crippen LogP contribution >= 0.6 is 0 Å². The Hall–Kier alpha value is -3.35. The zero-order chi connectivity index (χ0) is 20.1. The number of aryl methyl sites for hydroxylation is 1. The van der Waals surface area contributed by atoms with Gasteiger partial charge >= 0.3 is 6.18 Å². The van der Waals surface area contributed by atoms with Gasteiger partial charge in [-0.15, -0.1) is 0 Å². The van der Waals surface area contributed by atoms with Gasteiger partial charge in [0.2, 0.25) is 0 Å². The molecule has 0 aliphatic rings. The van der Waals surface area contributed by atoms with Crippen LogP contribution < -0.4 is 10.6 Å². The number of hydrogen-bond acceptors (Lipinski definition) is 3. The number of nitrogens with zero attached hydrogens (tertiary/aromatic N) is 1. The van der Waals surface area contributed by atoms with E-state index in [2.05, 4.69) is 15.6 Å². The summed E-state index contributed by atoms with van der Waals surface area (Å²) in [6.45, 7) is 2.34. The molecule has 0 bridgehead atoms. The predicted octanol–water partition coefficient (Wildman–Crippen LogP) is 5.08. The first-order valence-corrected chi connectivity index (χ1v) is 8.56. The van der Waals surface area contributed by atoms with Gasteiger partial charge in [0.25, 0.3) is 5.91 Å². The molecule has 144 valence electrons. The van der Waals surface area contributed by atoms with Crippen LogP contribution in [0.5, 0.6) is 0 Å². The van der Waals surface area contributed by atoms with Gasteiger partial charge in [0.05, 0.1) is 23.1 Å². The maximum absolute atomic E-state index is 13.1. The first-order chi connectivity index (χ1) is 13.3. The molecule has 0 spiro atoms. The number of rotatable bonds is 5. The van der Waals surface area contributed by atoms with Gasteiger partial charge in [-0.1, -0.05) is 42.0 Å². The number of aromatic nitrogens is 1. The summed E-state index contributed by atoms with van der Waals surface area (Å²) in [6.07, 6.45) is -3.14. The third-order valence-electron chi connectivity index (χ3n) is 4.08. The highest BCUT2D eigenvalue weighted by Crippen LogP contribution is 2.35. The van der Waals surface area contributed by atoms with E-state index >= 15 is 0 Å². The topological polar surface area (TPSA) is 54.0 Å². The van der Waals surface area contributed by atoms with Crippen molar-refractivity contribution < 1.29 is 18.0 Å². The molecular formula is C21H18F3N3O. The summed E-state index contributed by atoms with van der Waals surface area (Å²) in [4.78, 5) is 16.2. The van der Waals surface area contributed by atoms with Gasteiger partial charge in [-0.05, 0) is 36.8 Å². The van der Waals surface area contributed by atoms with Crippen LogP contribution in [0.15, 0.2) is 66.9 Å². The van der Waals surface area contributed by atoms with Crippen LogP contribution in [0.1, 0.15) is 27.2 Å². The average Bonchev–Trinajstić information content (AvgIpc) is 2.67. The fraction of sp³-hybridized carbons (Fsp3) is 0.143. The van der Waals surface area contributed by atoms with Crippen molar-refractivity contribution in [2.45, 2.75) is 19.6 Å². The Morgan fingerprint density at radius 3 is 2.36 bits per heavy atom. The smallest absolute Gasteiger partial charge is 0.354 e. The van der Waals surface area contributed by atoms with Crippen LogP contribution in [-0.4, -0.2) is 10.9 Å². The van der Waals surface area contributed by atoms with E-state index in [1.165, 1.54) is 36.5 Å². The molecular weight excluding hydrogens is 367 g/mol. The fourth-order valence-electron chi connectivity index (χ4n) is 2.58. The van der Waals surface area contributed by atoms with Gasteiger partial charge in [-0.3, -0.25) is 4.79 Å². The SMILES string of the molecule is Cc1ccc(CNC(=O)c2ccc(Nc3ccccc3C(F)(F)F)cn2)cc1. The highest BCUT2D eigenvalue weighted by Gasteiger charge is 2.33. The minimum atomic E-state index is -4.47. The number of anilines is 2. The van der Waals surface area contributed by atoms with Crippen molar-refractivity contribution in [3.8, 4) is 0 Å². The number of alkyl halides is 3. The normalized spacial score (nSPS) is 11.1. The number of carbonyl (C=O) groups excluding carboxylic acids is 1. The fourth-order valence-corrected chi connectivity index (χ4v) is 2.58. The third-order valence-corrected chi connectivity index (χ3v) is 4.08. The van der Waals surface area contributed by atoms with E-state index in [-0.39, 0.29) is 17.3 Å². The summed E-state index contributed by atoms with van der Waals surface area (Å²) in [6, 6.07) is 15.9. The second-order valence-electron chi connectivity index (χ2n) is 6.27. The van der Waals surface area contributed by atoms with E-state index in [0.717, 1.165) is 17.2 Å². The molecule has 3 rings (SSSR count). The molecule has 0 atom stereocenters. The van der Waals surface area contributed by atoms with Crippen molar-refractivity contribution in [1.82, 2.24) is 10.3 Å². The lowest BCUT2D eigenvalue weighted by atomic mass is 10.1. The molecule has 2 N–H and O–H groups in total. The van der Waals surface area contributed by atoms with Crippen molar-refractivity contribution in [3.63, 3.8) is 0 Å². The summed E-state index contributed by atoms with van der Waals surface area (Å²) in [5.41, 5.74) is 1.78. The number of hydrogen-bond donors (Lipinski definition) is 2. The number of carbonyl (C=O) groups is 1. The van der Waals surface area contributed by atoms with Crippen LogP contribution in [0.3, 0.4) is 0 Å². The zero-order valence-electron chi connectivity index (χ0n) is 15.0.